The zero-order chi connectivity index (χ0) is 18.1. The molecule has 0 spiro atoms. The molecule has 7 nitrogen and oxygen atoms in total. The van der Waals surface area contributed by atoms with Crippen LogP contribution in [-0.2, 0) is 13.0 Å². The number of aromatic nitrogens is 2. The lowest BCUT2D eigenvalue weighted by atomic mass is 10.1. The quantitative estimate of drug-likeness (QED) is 0.685. The van der Waals surface area contributed by atoms with E-state index in [9.17, 15) is 14.4 Å². The second kappa shape index (κ2) is 6.44. The van der Waals surface area contributed by atoms with E-state index in [1.54, 1.807) is 53.1 Å². The molecule has 1 aromatic heterocycles. The molecule has 0 radical (unpaired) electrons. The standard InChI is InChI=1S/C19H16N4O3/c24-17(12-5-2-1-3-6-12)21-22-18(25)13-8-9-14-15(11-13)20-16-7-4-10-23(16)19(14)26/h1-3,5-6,8-9,11H,4,7,10H2,(H,21,24)(H,22,25). The highest BCUT2D eigenvalue weighted by Crippen LogP contribution is 2.16. The van der Waals surface area contributed by atoms with Gasteiger partial charge < -0.3 is 0 Å². The summed E-state index contributed by atoms with van der Waals surface area (Å²) in [7, 11) is 0. The highest BCUT2D eigenvalue weighted by atomic mass is 16.2. The number of aryl methyl sites for hydroxylation is 1. The molecule has 0 atom stereocenters. The number of amides is 2. The van der Waals surface area contributed by atoms with Crippen molar-refractivity contribution in [3.05, 3.63) is 75.8 Å². The number of carbonyl (C=O) groups is 2. The maximum Gasteiger partial charge on any atom is 0.269 e. The number of nitrogens with one attached hydrogen (secondary N) is 2. The fraction of sp³-hybridized carbons (Fsp3) is 0.158. The largest absolute Gasteiger partial charge is 0.296 e. The van der Waals surface area contributed by atoms with Crippen LogP contribution in [-0.4, -0.2) is 21.4 Å². The molecule has 7 heteroatoms. The van der Waals surface area contributed by atoms with E-state index in [0.29, 0.717) is 28.6 Å². The van der Waals surface area contributed by atoms with E-state index < -0.39 is 11.8 Å². The summed E-state index contributed by atoms with van der Waals surface area (Å²) in [4.78, 5) is 41.2. The summed E-state index contributed by atoms with van der Waals surface area (Å²) in [6.07, 6.45) is 1.66. The number of carbonyl (C=O) groups excluding carboxylic acids is 2. The third-order valence-electron chi connectivity index (χ3n) is 4.40. The summed E-state index contributed by atoms with van der Waals surface area (Å²) in [5.74, 6) is -0.134. The first-order chi connectivity index (χ1) is 12.6. The molecule has 4 rings (SSSR count). The average molecular weight is 348 g/mol. The van der Waals surface area contributed by atoms with Crippen LogP contribution in [0.3, 0.4) is 0 Å². The molecule has 2 N–H and O–H groups in total. The third kappa shape index (κ3) is 2.83. The van der Waals surface area contributed by atoms with Gasteiger partial charge in [-0.2, -0.15) is 0 Å². The van der Waals surface area contributed by atoms with Crippen LogP contribution in [0.15, 0.2) is 53.3 Å². The van der Waals surface area contributed by atoms with Gasteiger partial charge in [-0.05, 0) is 36.8 Å². The molecule has 2 aromatic carbocycles. The van der Waals surface area contributed by atoms with Crippen LogP contribution in [0, 0.1) is 0 Å². The second-order valence-electron chi connectivity index (χ2n) is 6.09. The predicted molar refractivity (Wildman–Crippen MR) is 95.7 cm³/mol. The molecule has 0 bridgehead atoms. The highest BCUT2D eigenvalue weighted by molar-refractivity contribution is 6.00. The van der Waals surface area contributed by atoms with E-state index in [2.05, 4.69) is 15.8 Å². The van der Waals surface area contributed by atoms with E-state index in [-0.39, 0.29) is 5.56 Å². The van der Waals surface area contributed by atoms with Gasteiger partial charge in [-0.25, -0.2) is 4.98 Å². The molecule has 2 amide bonds. The molecule has 1 aliphatic rings. The molecular formula is C19H16N4O3. The minimum atomic E-state index is -0.474. The predicted octanol–water partition coefficient (Wildman–Crippen LogP) is 1.42. The Kier molecular flexibility index (Phi) is 3.96. The molecule has 1 aliphatic heterocycles. The van der Waals surface area contributed by atoms with Crippen molar-refractivity contribution in [1.82, 2.24) is 20.4 Å². The monoisotopic (exact) mass is 348 g/mol. The molecule has 0 saturated heterocycles. The van der Waals surface area contributed by atoms with Gasteiger partial charge in [0.1, 0.15) is 5.82 Å². The zero-order valence-electron chi connectivity index (χ0n) is 13.9. The smallest absolute Gasteiger partial charge is 0.269 e. The Bertz CT molecular complexity index is 1070. The molecular weight excluding hydrogens is 332 g/mol. The lowest BCUT2D eigenvalue weighted by molar-refractivity contribution is 0.0847. The Morgan fingerprint density at radius 3 is 2.46 bits per heavy atom. The number of hydrogen-bond acceptors (Lipinski definition) is 4. The second-order valence-corrected chi connectivity index (χ2v) is 6.09. The molecule has 3 aromatic rings. The maximum atomic E-state index is 12.4. The minimum absolute atomic E-state index is 0.0770. The average Bonchev–Trinajstić information content (AvgIpc) is 3.15. The number of fused-ring (bicyclic) bond motifs is 2. The summed E-state index contributed by atoms with van der Waals surface area (Å²) < 4.78 is 1.68. The number of hydrazine groups is 1. The molecule has 2 heterocycles. The molecule has 0 aliphatic carbocycles. The van der Waals surface area contributed by atoms with Crippen molar-refractivity contribution in [2.45, 2.75) is 19.4 Å². The number of rotatable bonds is 2. The highest BCUT2D eigenvalue weighted by Gasteiger charge is 2.17. The van der Waals surface area contributed by atoms with Gasteiger partial charge in [0.2, 0.25) is 0 Å². The van der Waals surface area contributed by atoms with E-state index in [4.69, 9.17) is 0 Å². The number of nitrogens with zero attached hydrogens (tertiary/aromatic N) is 2. The number of hydrogen-bond donors (Lipinski definition) is 2. The van der Waals surface area contributed by atoms with Gasteiger partial charge in [-0.1, -0.05) is 18.2 Å². The van der Waals surface area contributed by atoms with Crippen molar-refractivity contribution in [1.29, 1.82) is 0 Å². The van der Waals surface area contributed by atoms with E-state index in [1.165, 1.54) is 0 Å². The molecule has 0 unspecified atom stereocenters. The van der Waals surface area contributed by atoms with E-state index in [1.807, 2.05) is 0 Å². The zero-order valence-corrected chi connectivity index (χ0v) is 13.9. The summed E-state index contributed by atoms with van der Waals surface area (Å²) in [5, 5.41) is 0.487. The Balaban J connectivity index is 1.55. The normalized spacial score (nSPS) is 12.6. The van der Waals surface area contributed by atoms with Gasteiger partial charge >= 0.3 is 0 Å². The first-order valence-corrected chi connectivity index (χ1v) is 8.33. The topological polar surface area (TPSA) is 93.1 Å². The Labute approximate surface area is 148 Å². The van der Waals surface area contributed by atoms with Crippen molar-refractivity contribution in [3.8, 4) is 0 Å². The van der Waals surface area contributed by atoms with Crippen molar-refractivity contribution in [3.63, 3.8) is 0 Å². The molecule has 130 valence electrons. The molecule has 26 heavy (non-hydrogen) atoms. The first-order valence-electron chi connectivity index (χ1n) is 8.33. The summed E-state index contributed by atoms with van der Waals surface area (Å²) in [5.41, 5.74) is 5.93. The van der Waals surface area contributed by atoms with E-state index in [0.717, 1.165) is 18.7 Å². The van der Waals surface area contributed by atoms with Gasteiger partial charge in [-0.15, -0.1) is 0 Å². The third-order valence-corrected chi connectivity index (χ3v) is 4.40. The van der Waals surface area contributed by atoms with Crippen LogP contribution in [0.5, 0.6) is 0 Å². The van der Waals surface area contributed by atoms with Crippen LogP contribution in [0.4, 0.5) is 0 Å². The van der Waals surface area contributed by atoms with Crippen LogP contribution < -0.4 is 16.4 Å². The van der Waals surface area contributed by atoms with Gasteiger partial charge in [0.25, 0.3) is 17.4 Å². The minimum Gasteiger partial charge on any atom is -0.296 e. The fourth-order valence-electron chi connectivity index (χ4n) is 3.07. The van der Waals surface area contributed by atoms with Crippen molar-refractivity contribution in [2.75, 3.05) is 0 Å². The Hall–Kier alpha value is -3.48. The Morgan fingerprint density at radius 1 is 0.962 bits per heavy atom. The number of benzene rings is 2. The van der Waals surface area contributed by atoms with Crippen LogP contribution in [0.2, 0.25) is 0 Å². The lowest BCUT2D eigenvalue weighted by Crippen LogP contribution is -2.41. The van der Waals surface area contributed by atoms with Crippen molar-refractivity contribution >= 4 is 22.7 Å². The van der Waals surface area contributed by atoms with Gasteiger partial charge in [0.15, 0.2) is 0 Å². The van der Waals surface area contributed by atoms with Gasteiger partial charge in [0, 0.05) is 24.1 Å². The van der Waals surface area contributed by atoms with E-state index >= 15 is 0 Å². The fourth-order valence-corrected chi connectivity index (χ4v) is 3.07. The molecule has 0 fully saturated rings. The Morgan fingerprint density at radius 2 is 1.69 bits per heavy atom. The summed E-state index contributed by atoms with van der Waals surface area (Å²) in [6.45, 7) is 0.685. The first kappa shape index (κ1) is 16.0. The SMILES string of the molecule is O=C(NNC(=O)c1ccc2c(=O)n3c(nc2c1)CCC3)c1ccccc1. The van der Waals surface area contributed by atoms with Crippen molar-refractivity contribution in [2.24, 2.45) is 0 Å². The van der Waals surface area contributed by atoms with Crippen LogP contribution in [0.1, 0.15) is 33.0 Å². The van der Waals surface area contributed by atoms with Gasteiger partial charge in [-0.3, -0.25) is 29.8 Å². The summed E-state index contributed by atoms with van der Waals surface area (Å²) >= 11 is 0. The maximum absolute atomic E-state index is 12.4. The van der Waals surface area contributed by atoms with Crippen LogP contribution in [0.25, 0.3) is 10.9 Å². The lowest BCUT2D eigenvalue weighted by Gasteiger charge is -2.09. The summed E-state index contributed by atoms with van der Waals surface area (Å²) in [6, 6.07) is 13.3. The van der Waals surface area contributed by atoms with Crippen molar-refractivity contribution < 1.29 is 9.59 Å². The van der Waals surface area contributed by atoms with Crippen LogP contribution >= 0.6 is 0 Å². The molecule has 0 saturated carbocycles. The van der Waals surface area contributed by atoms with Gasteiger partial charge in [0.05, 0.1) is 10.9 Å².